The van der Waals surface area contributed by atoms with E-state index < -0.39 is 0 Å². The van der Waals surface area contributed by atoms with Gasteiger partial charge in [0, 0.05) is 30.6 Å². The summed E-state index contributed by atoms with van der Waals surface area (Å²) in [6.45, 7) is 2.73. The second-order valence-corrected chi connectivity index (χ2v) is 6.11. The van der Waals surface area contributed by atoms with E-state index in [9.17, 15) is 4.79 Å². The number of rotatable bonds is 4. The number of fused-ring (bicyclic) bond motifs is 1. The van der Waals surface area contributed by atoms with Crippen molar-refractivity contribution in [1.82, 2.24) is 24.4 Å². The van der Waals surface area contributed by atoms with Gasteiger partial charge < -0.3 is 4.74 Å². The number of halogens is 1. The first kappa shape index (κ1) is 16.4. The van der Waals surface area contributed by atoms with Crippen LogP contribution in [-0.2, 0) is 6.54 Å². The third kappa shape index (κ3) is 2.57. The van der Waals surface area contributed by atoms with Crippen LogP contribution in [0.15, 0.2) is 47.5 Å². The molecule has 3 aromatic heterocycles. The molecule has 4 aromatic rings. The van der Waals surface area contributed by atoms with Crippen molar-refractivity contribution in [2.75, 3.05) is 7.11 Å². The van der Waals surface area contributed by atoms with Crippen molar-refractivity contribution < 1.29 is 4.74 Å². The molecule has 0 radical (unpaired) electrons. The fraction of sp³-hybridized carbons (Fsp3) is 0.167. The summed E-state index contributed by atoms with van der Waals surface area (Å²) in [6, 6.07) is 8.68. The molecule has 1 N–H and O–H groups in total. The first-order valence-corrected chi connectivity index (χ1v) is 8.47. The van der Waals surface area contributed by atoms with Gasteiger partial charge in [0.25, 0.3) is 5.56 Å². The van der Waals surface area contributed by atoms with Crippen LogP contribution >= 0.6 is 11.6 Å². The third-order valence-corrected chi connectivity index (χ3v) is 4.55. The second kappa shape index (κ2) is 6.34. The van der Waals surface area contributed by atoms with Gasteiger partial charge in [0.15, 0.2) is 5.65 Å². The molecule has 0 saturated heterocycles. The molecule has 26 heavy (non-hydrogen) atoms. The lowest BCUT2D eigenvalue weighted by Crippen LogP contribution is -2.14. The molecule has 7 nitrogen and oxygen atoms in total. The molecule has 0 aliphatic rings. The average Bonchev–Trinajstić information content (AvgIpc) is 3.28. The first-order valence-electron chi connectivity index (χ1n) is 8.09. The number of nitrogens with zero attached hydrogens (tertiary/aromatic N) is 4. The number of nitrogens with one attached hydrogen (secondary N) is 1. The van der Waals surface area contributed by atoms with Gasteiger partial charge in [0.2, 0.25) is 0 Å². The maximum Gasteiger partial charge on any atom is 0.273 e. The van der Waals surface area contributed by atoms with E-state index in [2.05, 4.69) is 10.2 Å². The smallest absolute Gasteiger partial charge is 0.273 e. The van der Waals surface area contributed by atoms with Gasteiger partial charge in [-0.2, -0.15) is 5.10 Å². The van der Waals surface area contributed by atoms with Gasteiger partial charge in [-0.25, -0.2) is 9.50 Å². The topological polar surface area (TPSA) is 77.2 Å². The SMILES string of the molecule is CCn1nccc1-c1c[nH]n2c(=O)cc(-c3ccc(Cl)c(OC)c3)nc12. The highest BCUT2D eigenvalue weighted by Gasteiger charge is 2.15. The number of methoxy groups -OCH3 is 1. The monoisotopic (exact) mass is 369 g/mol. The summed E-state index contributed by atoms with van der Waals surface area (Å²) in [5, 5.41) is 7.75. The molecular weight excluding hydrogens is 354 g/mol. The largest absolute Gasteiger partial charge is 0.495 e. The van der Waals surface area contributed by atoms with Crippen molar-refractivity contribution in [2.24, 2.45) is 0 Å². The van der Waals surface area contributed by atoms with Crippen LogP contribution in [0.3, 0.4) is 0 Å². The van der Waals surface area contributed by atoms with Gasteiger partial charge in [-0.3, -0.25) is 14.6 Å². The molecule has 0 amide bonds. The quantitative estimate of drug-likeness (QED) is 0.599. The Kier molecular flexibility index (Phi) is 4.00. The Bertz CT molecular complexity index is 1160. The van der Waals surface area contributed by atoms with Crippen LogP contribution in [0.2, 0.25) is 5.02 Å². The predicted octanol–water partition coefficient (Wildman–Crippen LogP) is 3.24. The van der Waals surface area contributed by atoms with Gasteiger partial charge >= 0.3 is 0 Å². The van der Waals surface area contributed by atoms with E-state index in [1.807, 2.05) is 23.7 Å². The number of hydrogen-bond acceptors (Lipinski definition) is 4. The van der Waals surface area contributed by atoms with Gasteiger partial charge in [-0.15, -0.1) is 0 Å². The zero-order valence-electron chi connectivity index (χ0n) is 14.2. The number of aromatic nitrogens is 5. The highest BCUT2D eigenvalue weighted by molar-refractivity contribution is 6.32. The predicted molar refractivity (Wildman–Crippen MR) is 99.7 cm³/mol. The highest BCUT2D eigenvalue weighted by Crippen LogP contribution is 2.30. The minimum Gasteiger partial charge on any atom is -0.495 e. The molecule has 132 valence electrons. The van der Waals surface area contributed by atoms with Crippen LogP contribution in [0.1, 0.15) is 6.92 Å². The van der Waals surface area contributed by atoms with Crippen molar-refractivity contribution in [3.63, 3.8) is 0 Å². The second-order valence-electron chi connectivity index (χ2n) is 5.71. The Balaban J connectivity index is 1.94. The molecule has 1 aromatic carbocycles. The van der Waals surface area contributed by atoms with Crippen LogP contribution in [0, 0.1) is 0 Å². The van der Waals surface area contributed by atoms with Crippen molar-refractivity contribution >= 4 is 17.2 Å². The summed E-state index contributed by atoms with van der Waals surface area (Å²) in [6.07, 6.45) is 3.49. The molecule has 3 heterocycles. The zero-order valence-corrected chi connectivity index (χ0v) is 15.0. The fourth-order valence-electron chi connectivity index (χ4n) is 2.95. The van der Waals surface area contributed by atoms with Crippen molar-refractivity contribution in [3.05, 3.63) is 58.1 Å². The lowest BCUT2D eigenvalue weighted by molar-refractivity contribution is 0.415. The summed E-state index contributed by atoms with van der Waals surface area (Å²) >= 11 is 6.09. The maximum absolute atomic E-state index is 12.5. The van der Waals surface area contributed by atoms with Crippen molar-refractivity contribution in [3.8, 4) is 28.3 Å². The lowest BCUT2D eigenvalue weighted by Gasteiger charge is -2.07. The number of aromatic amines is 1. The standard InChI is InChI=1S/C18H16ClN5O2/c1-3-23-15(6-7-20-23)12-10-21-24-17(25)9-14(22-18(12)24)11-4-5-13(19)16(8-11)26-2/h4-10,21H,3H2,1-2H3. The van der Waals surface area contributed by atoms with Crippen LogP contribution in [-0.4, -0.2) is 31.5 Å². The first-order chi connectivity index (χ1) is 12.6. The van der Waals surface area contributed by atoms with E-state index in [4.69, 9.17) is 21.3 Å². The van der Waals surface area contributed by atoms with E-state index in [1.165, 1.54) is 10.6 Å². The Morgan fingerprint density at radius 3 is 2.88 bits per heavy atom. The number of hydrogen-bond donors (Lipinski definition) is 1. The number of ether oxygens (including phenoxy) is 1. The van der Waals surface area contributed by atoms with Crippen molar-refractivity contribution in [2.45, 2.75) is 13.5 Å². The van der Waals surface area contributed by atoms with Crippen LogP contribution < -0.4 is 10.3 Å². The van der Waals surface area contributed by atoms with Gasteiger partial charge in [-0.05, 0) is 25.1 Å². The molecule has 0 fully saturated rings. The van der Waals surface area contributed by atoms with Gasteiger partial charge in [0.1, 0.15) is 5.75 Å². The summed E-state index contributed by atoms with van der Waals surface area (Å²) < 4.78 is 8.53. The number of aryl methyl sites for hydroxylation is 1. The maximum atomic E-state index is 12.5. The Hall–Kier alpha value is -3.06. The Morgan fingerprint density at radius 1 is 1.27 bits per heavy atom. The summed E-state index contributed by atoms with van der Waals surface area (Å²) in [7, 11) is 1.55. The minimum atomic E-state index is -0.201. The van der Waals surface area contributed by atoms with Crippen molar-refractivity contribution in [1.29, 1.82) is 0 Å². The molecule has 0 saturated carbocycles. The van der Waals surface area contributed by atoms with E-state index in [1.54, 1.807) is 31.6 Å². The molecule has 8 heteroatoms. The molecule has 4 rings (SSSR count). The molecule has 0 aliphatic carbocycles. The Morgan fingerprint density at radius 2 is 2.12 bits per heavy atom. The van der Waals surface area contributed by atoms with Gasteiger partial charge in [-0.1, -0.05) is 17.7 Å². The molecule has 0 spiro atoms. The van der Waals surface area contributed by atoms with Crippen LogP contribution in [0.4, 0.5) is 0 Å². The molecule has 0 bridgehead atoms. The molecule has 0 unspecified atom stereocenters. The summed E-state index contributed by atoms with van der Waals surface area (Å²) in [4.78, 5) is 17.2. The van der Waals surface area contributed by atoms with Crippen LogP contribution in [0.5, 0.6) is 5.75 Å². The van der Waals surface area contributed by atoms with E-state index >= 15 is 0 Å². The normalized spacial score (nSPS) is 11.2. The third-order valence-electron chi connectivity index (χ3n) is 4.24. The molecular formula is C18H16ClN5O2. The van der Waals surface area contributed by atoms with E-state index in [0.717, 1.165) is 23.4 Å². The number of H-pyrrole nitrogens is 1. The fourth-order valence-corrected chi connectivity index (χ4v) is 3.14. The Labute approximate surface area is 153 Å². The van der Waals surface area contributed by atoms with E-state index in [-0.39, 0.29) is 5.56 Å². The highest BCUT2D eigenvalue weighted by atomic mass is 35.5. The molecule has 0 aliphatic heterocycles. The minimum absolute atomic E-state index is 0.201. The molecule has 0 atom stereocenters. The summed E-state index contributed by atoms with van der Waals surface area (Å²) in [5.74, 6) is 0.532. The zero-order chi connectivity index (χ0) is 18.3. The van der Waals surface area contributed by atoms with E-state index in [0.29, 0.717) is 22.1 Å². The van der Waals surface area contributed by atoms with Gasteiger partial charge in [0.05, 0.1) is 29.1 Å². The lowest BCUT2D eigenvalue weighted by atomic mass is 10.1. The average molecular weight is 370 g/mol. The summed E-state index contributed by atoms with van der Waals surface area (Å²) in [5.41, 5.74) is 3.34. The van der Waals surface area contributed by atoms with Crippen LogP contribution in [0.25, 0.3) is 28.2 Å². The number of benzene rings is 1.